The van der Waals surface area contributed by atoms with Crippen LogP contribution in [-0.4, -0.2) is 42.9 Å². The molecule has 4 bridgehead atoms. The van der Waals surface area contributed by atoms with E-state index in [0.717, 1.165) is 19.3 Å². The molecule has 4 saturated carbocycles. The van der Waals surface area contributed by atoms with Gasteiger partial charge in [-0.15, -0.1) is 0 Å². The summed E-state index contributed by atoms with van der Waals surface area (Å²) in [6, 6.07) is 0. The van der Waals surface area contributed by atoms with Crippen molar-refractivity contribution in [2.45, 2.75) is 51.6 Å². The predicted molar refractivity (Wildman–Crippen MR) is 92.7 cm³/mol. The number of hydrogen-bond donors (Lipinski definition) is 1. The molecule has 3 unspecified atom stereocenters. The Balaban J connectivity index is 1.88. The minimum atomic E-state index is -4.21. The number of rotatable bonds is 6. The molecule has 0 heterocycles. The van der Waals surface area contributed by atoms with E-state index in [-0.39, 0.29) is 11.5 Å². The first-order valence-electron chi connectivity index (χ1n) is 8.98. The number of hydrogen-bond acceptors (Lipinski definition) is 6. The van der Waals surface area contributed by atoms with Gasteiger partial charge < -0.3 is 9.47 Å². The van der Waals surface area contributed by atoms with Crippen molar-refractivity contribution in [3.63, 3.8) is 0 Å². The largest absolute Gasteiger partial charge is 0.464 e. The van der Waals surface area contributed by atoms with Gasteiger partial charge in [0.15, 0.2) is 0 Å². The molecule has 4 fully saturated rings. The van der Waals surface area contributed by atoms with Gasteiger partial charge in [0.1, 0.15) is 23.4 Å². The molecule has 0 aliphatic heterocycles. The topological polar surface area (TPSA) is 107 Å². The molecule has 4 rings (SSSR count). The molecule has 26 heavy (non-hydrogen) atoms. The third-order valence-corrected chi connectivity index (χ3v) is 7.21. The van der Waals surface area contributed by atoms with Crippen LogP contribution in [0.3, 0.4) is 0 Å². The van der Waals surface area contributed by atoms with E-state index in [1.165, 1.54) is 0 Å². The van der Waals surface area contributed by atoms with Crippen LogP contribution in [0.15, 0.2) is 12.2 Å². The molecule has 3 atom stereocenters. The third kappa shape index (κ3) is 3.17. The van der Waals surface area contributed by atoms with Crippen molar-refractivity contribution in [1.82, 2.24) is 0 Å². The van der Waals surface area contributed by atoms with Crippen LogP contribution in [0, 0.1) is 23.2 Å². The van der Waals surface area contributed by atoms with Crippen LogP contribution in [0.1, 0.15) is 46.0 Å². The Morgan fingerprint density at radius 3 is 2.27 bits per heavy atom. The minimum Gasteiger partial charge on any atom is -0.464 e. The molecule has 0 radical (unpaired) electrons. The molecule has 0 spiro atoms. The molecular formula is C18H26O7S. The van der Waals surface area contributed by atoms with E-state index >= 15 is 0 Å². The summed E-state index contributed by atoms with van der Waals surface area (Å²) in [5, 5.41) is 0. The van der Waals surface area contributed by atoms with Crippen molar-refractivity contribution in [2.75, 3.05) is 12.4 Å². The number of carbonyl (C=O) groups is 2. The van der Waals surface area contributed by atoms with Gasteiger partial charge in [-0.3, -0.25) is 9.35 Å². The monoisotopic (exact) mass is 386 g/mol. The van der Waals surface area contributed by atoms with E-state index < -0.39 is 45.4 Å². The van der Waals surface area contributed by atoms with Crippen LogP contribution in [0.25, 0.3) is 0 Å². The molecule has 0 amide bonds. The Morgan fingerprint density at radius 1 is 1.19 bits per heavy atom. The number of carbonyl (C=O) groups excluding carboxylic acids is 2. The highest BCUT2D eigenvalue weighted by Crippen LogP contribution is 2.66. The summed E-state index contributed by atoms with van der Waals surface area (Å²) in [5.41, 5.74) is -1.69. The van der Waals surface area contributed by atoms with Crippen LogP contribution in [-0.2, 0) is 29.2 Å². The fourth-order valence-electron chi connectivity index (χ4n) is 5.42. The molecular weight excluding hydrogens is 360 g/mol. The fraction of sp³-hybridized carbons (Fsp3) is 0.778. The predicted octanol–water partition coefficient (Wildman–Crippen LogP) is 2.12. The molecule has 4 aliphatic carbocycles. The van der Waals surface area contributed by atoms with E-state index in [1.54, 1.807) is 13.8 Å². The third-order valence-electron chi connectivity index (χ3n) is 6.52. The van der Waals surface area contributed by atoms with Gasteiger partial charge >= 0.3 is 11.9 Å². The van der Waals surface area contributed by atoms with Gasteiger partial charge in [-0.25, -0.2) is 4.79 Å². The molecule has 0 aromatic rings. The lowest BCUT2D eigenvalue weighted by atomic mass is 9.43. The lowest BCUT2D eigenvalue weighted by molar-refractivity contribution is -0.243. The molecule has 0 aromatic heterocycles. The molecule has 1 N–H and O–H groups in total. The zero-order valence-electron chi connectivity index (χ0n) is 15.2. The summed E-state index contributed by atoms with van der Waals surface area (Å²) in [4.78, 5) is 25.3. The van der Waals surface area contributed by atoms with Crippen molar-refractivity contribution in [1.29, 1.82) is 0 Å². The standard InChI is InChI=1S/C18H26O7S/c1-11(2)15(19)25-17(3)14-7-12-6-13(8-14)10-18(17,9-12)16(20)24-4-5-26(21,22)23/h12-14H,1,4-10H2,2-3H3,(H,21,22,23). The highest BCUT2D eigenvalue weighted by molar-refractivity contribution is 7.85. The Hall–Kier alpha value is -1.41. The summed E-state index contributed by atoms with van der Waals surface area (Å²) in [6.45, 7) is 6.59. The van der Waals surface area contributed by atoms with E-state index in [4.69, 9.17) is 14.0 Å². The average Bonchev–Trinajstić information content (AvgIpc) is 2.50. The Labute approximate surface area is 153 Å². The van der Waals surface area contributed by atoms with Gasteiger partial charge in [0.05, 0.1) is 0 Å². The van der Waals surface area contributed by atoms with Gasteiger partial charge in [0.2, 0.25) is 0 Å². The van der Waals surface area contributed by atoms with Crippen LogP contribution in [0.5, 0.6) is 0 Å². The van der Waals surface area contributed by atoms with Gasteiger partial charge in [-0.05, 0) is 57.8 Å². The molecule has 7 nitrogen and oxygen atoms in total. The van der Waals surface area contributed by atoms with Gasteiger partial charge in [0, 0.05) is 11.5 Å². The highest BCUT2D eigenvalue weighted by atomic mass is 32.2. The SMILES string of the molecule is C=C(C)C(=O)OC1(C)C2CC3CC(C2)CC1(C(=O)OCCS(=O)(=O)O)C3. The number of esters is 2. The summed E-state index contributed by atoms with van der Waals surface area (Å²) in [7, 11) is -4.21. The Morgan fingerprint density at radius 2 is 1.77 bits per heavy atom. The maximum absolute atomic E-state index is 13.0. The minimum absolute atomic E-state index is 0.0752. The van der Waals surface area contributed by atoms with Crippen molar-refractivity contribution < 1.29 is 32.0 Å². The molecule has 0 saturated heterocycles. The van der Waals surface area contributed by atoms with Crippen LogP contribution < -0.4 is 0 Å². The first kappa shape index (κ1) is 19.4. The van der Waals surface area contributed by atoms with Crippen LogP contribution in [0.4, 0.5) is 0 Å². The van der Waals surface area contributed by atoms with Crippen molar-refractivity contribution >= 4 is 22.1 Å². The Bertz CT molecular complexity index is 727. The lowest BCUT2D eigenvalue weighted by Gasteiger charge is -2.63. The van der Waals surface area contributed by atoms with E-state index in [1.807, 2.05) is 0 Å². The summed E-state index contributed by atoms with van der Waals surface area (Å²) < 4.78 is 41.7. The van der Waals surface area contributed by atoms with Crippen molar-refractivity contribution in [3.8, 4) is 0 Å². The van der Waals surface area contributed by atoms with Gasteiger partial charge in [0.25, 0.3) is 10.1 Å². The quantitative estimate of drug-likeness (QED) is 0.423. The molecule has 4 aliphatic rings. The maximum Gasteiger partial charge on any atom is 0.333 e. The van der Waals surface area contributed by atoms with E-state index in [2.05, 4.69) is 6.58 Å². The van der Waals surface area contributed by atoms with Crippen LogP contribution >= 0.6 is 0 Å². The summed E-state index contributed by atoms with van der Waals surface area (Å²) >= 11 is 0. The second-order valence-electron chi connectivity index (χ2n) is 8.33. The van der Waals surface area contributed by atoms with E-state index in [9.17, 15) is 18.0 Å². The normalized spacial score (nSPS) is 38.0. The average molecular weight is 386 g/mol. The summed E-state index contributed by atoms with van der Waals surface area (Å²) in [5.74, 6) is -0.849. The first-order chi connectivity index (χ1) is 12.0. The fourth-order valence-corrected chi connectivity index (χ4v) is 5.71. The highest BCUT2D eigenvalue weighted by Gasteiger charge is 2.69. The van der Waals surface area contributed by atoms with Gasteiger partial charge in [-0.1, -0.05) is 6.58 Å². The first-order valence-corrected chi connectivity index (χ1v) is 10.6. The second kappa shape index (κ2) is 6.34. The molecule has 0 aromatic carbocycles. The van der Waals surface area contributed by atoms with Crippen LogP contribution in [0.2, 0.25) is 0 Å². The van der Waals surface area contributed by atoms with Crippen molar-refractivity contribution in [3.05, 3.63) is 12.2 Å². The smallest absolute Gasteiger partial charge is 0.333 e. The van der Waals surface area contributed by atoms with Crippen molar-refractivity contribution in [2.24, 2.45) is 23.2 Å². The van der Waals surface area contributed by atoms with E-state index in [0.29, 0.717) is 24.7 Å². The zero-order valence-corrected chi connectivity index (χ0v) is 16.0. The maximum atomic E-state index is 13.0. The zero-order chi connectivity index (χ0) is 19.3. The lowest BCUT2D eigenvalue weighted by Crippen LogP contribution is -2.68. The Kier molecular flexibility index (Phi) is 4.72. The molecule has 8 heteroatoms. The van der Waals surface area contributed by atoms with Gasteiger partial charge in [-0.2, -0.15) is 8.42 Å². The summed E-state index contributed by atoms with van der Waals surface area (Å²) in [6.07, 6.45) is 4.05. The number of ether oxygens (including phenoxy) is 2. The second-order valence-corrected chi connectivity index (χ2v) is 9.90. The molecule has 146 valence electrons.